The van der Waals surface area contributed by atoms with Gasteiger partial charge in [0.25, 0.3) is 0 Å². The van der Waals surface area contributed by atoms with Crippen LogP contribution in [0.4, 0.5) is 5.69 Å². The molecule has 5 nitrogen and oxygen atoms in total. The molecule has 2 rings (SSSR count). The molecule has 0 heterocycles. The van der Waals surface area contributed by atoms with E-state index in [4.69, 9.17) is 5.73 Å². The highest BCUT2D eigenvalue weighted by atomic mass is 16.3. The molecule has 0 atom stereocenters. The van der Waals surface area contributed by atoms with Crippen LogP contribution in [0.2, 0.25) is 0 Å². The number of phenolic OH excluding ortho intramolecular Hbond substituents is 2. The van der Waals surface area contributed by atoms with E-state index in [0.717, 1.165) is 30.5 Å². The molecule has 27 heavy (non-hydrogen) atoms. The maximum atomic E-state index is 10.2. The lowest BCUT2D eigenvalue weighted by Gasteiger charge is -2.17. The van der Waals surface area contributed by atoms with Crippen LogP contribution in [0.25, 0.3) is 5.70 Å². The highest BCUT2D eigenvalue weighted by Crippen LogP contribution is 2.34. The second-order valence-corrected chi connectivity index (χ2v) is 6.92. The Bertz CT molecular complexity index is 811. The fourth-order valence-corrected chi connectivity index (χ4v) is 2.88. The molecule has 0 amide bonds. The highest BCUT2D eigenvalue weighted by Gasteiger charge is 2.14. The minimum absolute atomic E-state index is 0.0559. The molecule has 0 fully saturated rings. The maximum absolute atomic E-state index is 10.2. The summed E-state index contributed by atoms with van der Waals surface area (Å²) >= 11 is 0. The van der Waals surface area contributed by atoms with Crippen LogP contribution in [0.3, 0.4) is 0 Å². The van der Waals surface area contributed by atoms with Gasteiger partial charge in [-0.3, -0.25) is 0 Å². The third-order valence-corrected chi connectivity index (χ3v) is 4.51. The van der Waals surface area contributed by atoms with Crippen LogP contribution in [0.1, 0.15) is 56.2 Å². The van der Waals surface area contributed by atoms with Crippen molar-refractivity contribution in [2.75, 3.05) is 5.01 Å². The van der Waals surface area contributed by atoms with E-state index in [9.17, 15) is 10.2 Å². The average Bonchev–Trinajstić information content (AvgIpc) is 2.64. The van der Waals surface area contributed by atoms with E-state index in [1.165, 1.54) is 11.6 Å². The largest absolute Gasteiger partial charge is 0.508 e. The third kappa shape index (κ3) is 5.03. The Kier molecular flexibility index (Phi) is 6.88. The molecule has 4 N–H and O–H groups in total. The molecular formula is C22H29N3O2. The summed E-state index contributed by atoms with van der Waals surface area (Å²) in [7, 11) is 0. The van der Waals surface area contributed by atoms with Gasteiger partial charge in [0.1, 0.15) is 11.5 Å². The number of aryl methyl sites for hydroxylation is 1. The lowest BCUT2D eigenvalue weighted by atomic mass is 9.98. The van der Waals surface area contributed by atoms with Gasteiger partial charge in [0.2, 0.25) is 0 Å². The van der Waals surface area contributed by atoms with Crippen LogP contribution < -0.4 is 10.7 Å². The molecule has 0 unspecified atom stereocenters. The Morgan fingerprint density at radius 2 is 1.85 bits per heavy atom. The fourth-order valence-electron chi connectivity index (χ4n) is 2.88. The first-order chi connectivity index (χ1) is 12.9. The molecule has 144 valence electrons. The minimum atomic E-state index is -0.0791. The van der Waals surface area contributed by atoms with Crippen LogP contribution >= 0.6 is 0 Å². The van der Waals surface area contributed by atoms with Crippen LogP contribution in [-0.2, 0) is 6.42 Å². The lowest BCUT2D eigenvalue weighted by Crippen LogP contribution is -2.11. The zero-order chi connectivity index (χ0) is 20.0. The van der Waals surface area contributed by atoms with E-state index in [1.807, 2.05) is 26.0 Å². The van der Waals surface area contributed by atoms with E-state index in [1.54, 1.807) is 17.3 Å². The number of hydrogen-bond donors (Lipinski definition) is 3. The van der Waals surface area contributed by atoms with Crippen molar-refractivity contribution in [3.8, 4) is 11.5 Å². The molecule has 0 saturated heterocycles. The zero-order valence-electron chi connectivity index (χ0n) is 16.3. The third-order valence-electron chi connectivity index (χ3n) is 4.51. The van der Waals surface area contributed by atoms with Crippen LogP contribution in [-0.4, -0.2) is 16.9 Å². The van der Waals surface area contributed by atoms with Crippen molar-refractivity contribution >= 4 is 18.1 Å². The Balaban J connectivity index is 2.32. The number of unbranched alkanes of at least 4 members (excludes halogenated alkanes) is 1. The zero-order valence-corrected chi connectivity index (χ0v) is 16.3. The topological polar surface area (TPSA) is 82.1 Å². The van der Waals surface area contributed by atoms with Crippen LogP contribution in [0, 0.1) is 0 Å². The minimum Gasteiger partial charge on any atom is -0.508 e. The van der Waals surface area contributed by atoms with E-state index < -0.39 is 0 Å². The summed E-state index contributed by atoms with van der Waals surface area (Å²) in [5.74, 6) is 0.0754. The number of phenols is 2. The fraction of sp³-hybridized carbons (Fsp3) is 0.318. The summed E-state index contributed by atoms with van der Waals surface area (Å²) in [6.45, 7) is 9.72. The monoisotopic (exact) mass is 367 g/mol. The molecule has 0 aliphatic rings. The number of anilines is 1. The number of rotatable bonds is 8. The van der Waals surface area contributed by atoms with Gasteiger partial charge in [-0.05, 0) is 48.1 Å². The summed E-state index contributed by atoms with van der Waals surface area (Å²) in [5, 5.41) is 25.8. The van der Waals surface area contributed by atoms with Crippen molar-refractivity contribution in [3.63, 3.8) is 0 Å². The number of benzene rings is 2. The lowest BCUT2D eigenvalue weighted by molar-refractivity contribution is 0.443. The number of aromatic hydroxyl groups is 2. The summed E-state index contributed by atoms with van der Waals surface area (Å²) in [4.78, 5) is 0. The summed E-state index contributed by atoms with van der Waals surface area (Å²) in [5.41, 5.74) is 9.82. The smallest absolute Gasteiger partial charge is 0.128 e. The van der Waals surface area contributed by atoms with Gasteiger partial charge in [0, 0.05) is 18.3 Å². The summed E-state index contributed by atoms with van der Waals surface area (Å²) in [6, 6.07) is 11.1. The van der Waals surface area contributed by atoms with Crippen molar-refractivity contribution in [2.45, 2.75) is 46.0 Å². The highest BCUT2D eigenvalue weighted by molar-refractivity contribution is 5.72. The number of hydrogen-bond acceptors (Lipinski definition) is 5. The van der Waals surface area contributed by atoms with Crippen LogP contribution in [0.5, 0.6) is 11.5 Å². The molecule has 2 aromatic carbocycles. The second kappa shape index (κ2) is 9.12. The van der Waals surface area contributed by atoms with Gasteiger partial charge in [-0.15, -0.1) is 0 Å². The van der Waals surface area contributed by atoms with Crippen molar-refractivity contribution < 1.29 is 10.2 Å². The van der Waals surface area contributed by atoms with E-state index >= 15 is 0 Å². The van der Waals surface area contributed by atoms with Gasteiger partial charge in [0.15, 0.2) is 0 Å². The van der Waals surface area contributed by atoms with Gasteiger partial charge in [-0.25, -0.2) is 5.01 Å². The van der Waals surface area contributed by atoms with Crippen molar-refractivity contribution in [2.24, 2.45) is 10.8 Å². The summed E-state index contributed by atoms with van der Waals surface area (Å²) in [6.07, 6.45) is 4.99. The van der Waals surface area contributed by atoms with Crippen molar-refractivity contribution in [1.82, 2.24) is 0 Å². The van der Waals surface area contributed by atoms with E-state index in [-0.39, 0.29) is 17.4 Å². The molecule has 0 aliphatic heterocycles. The summed E-state index contributed by atoms with van der Waals surface area (Å²) < 4.78 is 0. The van der Waals surface area contributed by atoms with E-state index in [0.29, 0.717) is 11.3 Å². The molecule has 0 spiro atoms. The molecule has 0 aliphatic carbocycles. The normalized spacial score (nSPS) is 11.6. The Hall–Kier alpha value is -2.95. The van der Waals surface area contributed by atoms with Gasteiger partial charge in [-0.2, -0.15) is 5.10 Å². The number of nitrogens with two attached hydrogens (primary N) is 1. The van der Waals surface area contributed by atoms with Gasteiger partial charge >= 0.3 is 0 Å². The van der Waals surface area contributed by atoms with Gasteiger partial charge in [-0.1, -0.05) is 39.3 Å². The number of nitrogens with zero attached hydrogens (tertiary/aromatic N) is 2. The molecule has 2 aromatic rings. The van der Waals surface area contributed by atoms with E-state index in [2.05, 4.69) is 30.9 Å². The molecule has 5 heteroatoms. The SMILES string of the molecule is C=NN(/C=C(\N)c1cc(C(C)C)c(O)cc1O)c1ccc(CCCC)cc1. The first kappa shape index (κ1) is 20.4. The van der Waals surface area contributed by atoms with Crippen molar-refractivity contribution in [1.29, 1.82) is 0 Å². The average molecular weight is 367 g/mol. The van der Waals surface area contributed by atoms with Gasteiger partial charge in [0.05, 0.1) is 17.6 Å². The standard InChI is InChI=1S/C22H29N3O2/c1-5-6-7-16-8-10-17(11-9-16)25(24-4)14-20(23)19-12-18(15(2)3)21(26)13-22(19)27/h8-15,26-27H,4-7,23H2,1-3H3/b20-14-. The second-order valence-electron chi connectivity index (χ2n) is 6.92. The molecule has 0 radical (unpaired) electrons. The molecule has 0 aromatic heterocycles. The Labute approximate surface area is 161 Å². The predicted octanol–water partition coefficient (Wildman–Crippen LogP) is 4.94. The van der Waals surface area contributed by atoms with Crippen molar-refractivity contribution in [3.05, 3.63) is 59.3 Å². The molecule has 0 saturated carbocycles. The maximum Gasteiger partial charge on any atom is 0.128 e. The quantitative estimate of drug-likeness (QED) is 0.456. The number of hydrazone groups is 1. The predicted molar refractivity (Wildman–Crippen MR) is 113 cm³/mol. The molecular weight excluding hydrogens is 338 g/mol. The molecule has 0 bridgehead atoms. The Morgan fingerprint density at radius 3 is 2.41 bits per heavy atom. The van der Waals surface area contributed by atoms with Gasteiger partial charge < -0.3 is 15.9 Å². The first-order valence-electron chi connectivity index (χ1n) is 9.25. The van der Waals surface area contributed by atoms with Crippen LogP contribution in [0.15, 0.2) is 47.7 Å². The Morgan fingerprint density at radius 1 is 1.19 bits per heavy atom. The first-order valence-corrected chi connectivity index (χ1v) is 9.25.